The lowest BCUT2D eigenvalue weighted by Gasteiger charge is -2.59. The highest BCUT2D eigenvalue weighted by atomic mass is 15.3. The molecule has 0 unspecified atom stereocenters. The van der Waals surface area contributed by atoms with Crippen molar-refractivity contribution >= 4 is 0 Å². The first kappa shape index (κ1) is 15.0. The van der Waals surface area contributed by atoms with E-state index in [0.717, 1.165) is 5.92 Å². The highest BCUT2D eigenvalue weighted by molar-refractivity contribution is 5.03. The first-order valence-electron chi connectivity index (χ1n) is 7.17. The predicted octanol–water partition coefficient (Wildman–Crippen LogP) is 4.71. The SMILES string of the molecule is CC(C)N1C(C)(C)CC(C(C)(C)C)CC1(C)C. The van der Waals surface area contributed by atoms with E-state index in [1.165, 1.54) is 12.8 Å². The molecule has 1 fully saturated rings. The van der Waals surface area contributed by atoms with Gasteiger partial charge in [0.1, 0.15) is 0 Å². The lowest BCUT2D eigenvalue weighted by Crippen LogP contribution is -2.64. The van der Waals surface area contributed by atoms with Gasteiger partial charge in [0.2, 0.25) is 0 Å². The maximum absolute atomic E-state index is 2.72. The Morgan fingerprint density at radius 3 is 1.53 bits per heavy atom. The molecule has 1 aliphatic rings. The number of rotatable bonds is 1. The molecule has 1 aliphatic heterocycles. The van der Waals surface area contributed by atoms with Crippen LogP contribution < -0.4 is 0 Å². The molecular formula is C16H33N. The Labute approximate surface area is 109 Å². The lowest BCUT2D eigenvalue weighted by molar-refractivity contribution is -0.0927. The smallest absolute Gasteiger partial charge is 0.0164 e. The fourth-order valence-electron chi connectivity index (χ4n) is 4.30. The molecule has 0 aliphatic carbocycles. The van der Waals surface area contributed by atoms with E-state index in [-0.39, 0.29) is 0 Å². The quantitative estimate of drug-likeness (QED) is 0.640. The van der Waals surface area contributed by atoms with Gasteiger partial charge in [0.15, 0.2) is 0 Å². The van der Waals surface area contributed by atoms with Crippen LogP contribution >= 0.6 is 0 Å². The van der Waals surface area contributed by atoms with E-state index in [9.17, 15) is 0 Å². The Hall–Kier alpha value is -0.0400. The molecule has 0 spiro atoms. The monoisotopic (exact) mass is 239 g/mol. The largest absolute Gasteiger partial charge is 0.291 e. The van der Waals surface area contributed by atoms with Crippen LogP contribution in [0.1, 0.15) is 75.2 Å². The summed E-state index contributed by atoms with van der Waals surface area (Å²) in [7, 11) is 0. The Bertz CT molecular complexity index is 250. The molecular weight excluding hydrogens is 206 g/mol. The zero-order chi connectivity index (χ0) is 13.6. The third-order valence-electron chi connectivity index (χ3n) is 4.54. The van der Waals surface area contributed by atoms with Crippen LogP contribution in [-0.4, -0.2) is 22.0 Å². The maximum atomic E-state index is 2.72. The highest BCUT2D eigenvalue weighted by Crippen LogP contribution is 2.48. The molecule has 1 rings (SSSR count). The molecule has 0 atom stereocenters. The van der Waals surface area contributed by atoms with Crippen molar-refractivity contribution in [2.24, 2.45) is 11.3 Å². The molecule has 1 heterocycles. The minimum absolute atomic E-state index is 0.313. The van der Waals surface area contributed by atoms with Gasteiger partial charge in [-0.3, -0.25) is 4.90 Å². The van der Waals surface area contributed by atoms with E-state index < -0.39 is 0 Å². The van der Waals surface area contributed by atoms with Crippen LogP contribution in [0, 0.1) is 11.3 Å². The van der Waals surface area contributed by atoms with Gasteiger partial charge in [0, 0.05) is 17.1 Å². The fraction of sp³-hybridized carbons (Fsp3) is 1.00. The van der Waals surface area contributed by atoms with Crippen LogP contribution in [0.3, 0.4) is 0 Å². The summed E-state index contributed by atoms with van der Waals surface area (Å²) in [4.78, 5) is 2.72. The summed E-state index contributed by atoms with van der Waals surface area (Å²) in [6.07, 6.45) is 2.64. The van der Waals surface area contributed by atoms with Crippen molar-refractivity contribution in [1.29, 1.82) is 0 Å². The van der Waals surface area contributed by atoms with Crippen LogP contribution in [-0.2, 0) is 0 Å². The van der Waals surface area contributed by atoms with E-state index in [1.54, 1.807) is 0 Å². The average molecular weight is 239 g/mol. The molecule has 102 valence electrons. The van der Waals surface area contributed by atoms with Gasteiger partial charge in [-0.2, -0.15) is 0 Å². The molecule has 0 aromatic carbocycles. The highest BCUT2D eigenvalue weighted by Gasteiger charge is 2.48. The van der Waals surface area contributed by atoms with E-state index >= 15 is 0 Å². The summed E-state index contributed by atoms with van der Waals surface area (Å²) in [5, 5.41) is 0. The molecule has 0 bridgehead atoms. The molecule has 1 nitrogen and oxygen atoms in total. The number of hydrogen-bond acceptors (Lipinski definition) is 1. The minimum atomic E-state index is 0.313. The van der Waals surface area contributed by atoms with Crippen LogP contribution in [0.2, 0.25) is 0 Å². The van der Waals surface area contributed by atoms with Crippen LogP contribution in [0.15, 0.2) is 0 Å². The predicted molar refractivity (Wildman–Crippen MR) is 77.3 cm³/mol. The van der Waals surface area contributed by atoms with Gasteiger partial charge in [-0.25, -0.2) is 0 Å². The summed E-state index contributed by atoms with van der Waals surface area (Å²) in [5.41, 5.74) is 1.05. The van der Waals surface area contributed by atoms with Crippen molar-refractivity contribution in [2.45, 2.75) is 92.3 Å². The zero-order valence-electron chi connectivity index (χ0n) is 13.5. The van der Waals surface area contributed by atoms with E-state index in [2.05, 4.69) is 67.2 Å². The number of hydrogen-bond donors (Lipinski definition) is 0. The van der Waals surface area contributed by atoms with Gasteiger partial charge in [-0.05, 0) is 65.7 Å². The van der Waals surface area contributed by atoms with Crippen LogP contribution in [0.5, 0.6) is 0 Å². The van der Waals surface area contributed by atoms with Crippen molar-refractivity contribution < 1.29 is 0 Å². The second kappa shape index (κ2) is 4.26. The zero-order valence-corrected chi connectivity index (χ0v) is 13.5. The fourth-order valence-corrected chi connectivity index (χ4v) is 4.30. The lowest BCUT2D eigenvalue weighted by atomic mass is 9.64. The number of nitrogens with zero attached hydrogens (tertiary/aromatic N) is 1. The molecule has 0 amide bonds. The minimum Gasteiger partial charge on any atom is -0.291 e. The Kier molecular flexibility index (Phi) is 3.76. The van der Waals surface area contributed by atoms with Crippen molar-refractivity contribution in [2.75, 3.05) is 0 Å². The van der Waals surface area contributed by atoms with Gasteiger partial charge in [-0.15, -0.1) is 0 Å². The standard InChI is InChI=1S/C16H33N/c1-12(2)17-15(6,7)10-13(14(3,4)5)11-16(17,8)9/h12-13H,10-11H2,1-9H3. The second-order valence-corrected chi connectivity index (χ2v) is 8.56. The van der Waals surface area contributed by atoms with Crippen molar-refractivity contribution in [3.05, 3.63) is 0 Å². The summed E-state index contributed by atoms with van der Waals surface area (Å²) in [5.74, 6) is 0.822. The van der Waals surface area contributed by atoms with Gasteiger partial charge in [-0.1, -0.05) is 20.8 Å². The third kappa shape index (κ3) is 3.05. The molecule has 1 saturated heterocycles. The molecule has 0 aromatic heterocycles. The molecule has 0 N–H and O–H groups in total. The third-order valence-corrected chi connectivity index (χ3v) is 4.54. The summed E-state index contributed by atoms with van der Waals surface area (Å²) >= 11 is 0. The van der Waals surface area contributed by atoms with E-state index in [4.69, 9.17) is 0 Å². The second-order valence-electron chi connectivity index (χ2n) is 8.56. The van der Waals surface area contributed by atoms with Crippen molar-refractivity contribution in [3.8, 4) is 0 Å². The maximum Gasteiger partial charge on any atom is 0.0164 e. The Morgan fingerprint density at radius 2 is 1.29 bits per heavy atom. The van der Waals surface area contributed by atoms with Gasteiger partial charge in [0.05, 0.1) is 0 Å². The van der Waals surface area contributed by atoms with Crippen molar-refractivity contribution in [1.82, 2.24) is 4.90 Å². The van der Waals surface area contributed by atoms with Gasteiger partial charge < -0.3 is 0 Å². The van der Waals surface area contributed by atoms with E-state index in [1.807, 2.05) is 0 Å². The molecule has 0 radical (unpaired) electrons. The van der Waals surface area contributed by atoms with Gasteiger partial charge in [0.25, 0.3) is 0 Å². The summed E-state index contributed by atoms with van der Waals surface area (Å²) in [6.45, 7) is 21.6. The number of likely N-dealkylation sites (tertiary alicyclic amines) is 1. The first-order chi connectivity index (χ1) is 7.38. The first-order valence-corrected chi connectivity index (χ1v) is 7.17. The Balaban J connectivity index is 3.05. The molecule has 1 heteroatoms. The average Bonchev–Trinajstić information content (AvgIpc) is 1.94. The topological polar surface area (TPSA) is 3.24 Å². The van der Waals surface area contributed by atoms with Crippen LogP contribution in [0.4, 0.5) is 0 Å². The van der Waals surface area contributed by atoms with Crippen LogP contribution in [0.25, 0.3) is 0 Å². The normalized spacial score (nSPS) is 26.5. The molecule has 0 saturated carbocycles. The van der Waals surface area contributed by atoms with Gasteiger partial charge >= 0.3 is 0 Å². The molecule has 0 aromatic rings. The van der Waals surface area contributed by atoms with E-state index in [0.29, 0.717) is 22.5 Å². The Morgan fingerprint density at radius 1 is 0.941 bits per heavy atom. The number of piperidine rings is 1. The van der Waals surface area contributed by atoms with Crippen molar-refractivity contribution in [3.63, 3.8) is 0 Å². The molecule has 17 heavy (non-hydrogen) atoms. The summed E-state index contributed by atoms with van der Waals surface area (Å²) < 4.78 is 0. The summed E-state index contributed by atoms with van der Waals surface area (Å²) in [6, 6.07) is 0.626.